The Balaban J connectivity index is 2.45. The fourth-order valence-electron chi connectivity index (χ4n) is 0.324. The van der Waals surface area contributed by atoms with Gasteiger partial charge in [0, 0.05) is 0 Å². The molecule has 0 radical (unpaired) electrons. The van der Waals surface area contributed by atoms with Crippen LogP contribution in [0.1, 0.15) is 0 Å². The van der Waals surface area contributed by atoms with E-state index in [1.807, 2.05) is 0 Å². The van der Waals surface area contributed by atoms with Crippen LogP contribution in [0.2, 0.25) is 0 Å². The van der Waals surface area contributed by atoms with Crippen LogP contribution in [-0.4, -0.2) is 22.5 Å². The normalized spacial score (nSPS) is 21.7. The lowest BCUT2D eigenvalue weighted by atomic mass is 11.2. The maximum Gasteiger partial charge on any atom is 0.127 e. The number of nitrogens with zero attached hydrogens (tertiary/aromatic N) is 3. The fraction of sp³-hybridized carbons (Fsp3) is 0.500. The Bertz CT molecular complexity index is 91.7. The largest absolute Gasteiger partial charge is 0.254 e. The Labute approximate surface area is 47.1 Å². The lowest BCUT2D eigenvalue weighted by Gasteiger charge is -2.13. The molecule has 0 aromatic heterocycles. The summed E-state index contributed by atoms with van der Waals surface area (Å²) >= 11 is 3.87. The van der Waals surface area contributed by atoms with Gasteiger partial charge in [-0.2, -0.15) is 0 Å². The average molecular weight is 118 g/mol. The zero-order chi connectivity index (χ0) is 5.28. The lowest BCUT2D eigenvalue weighted by Crippen LogP contribution is -2.36. The van der Waals surface area contributed by atoms with Crippen LogP contribution in [0.15, 0.2) is 4.99 Å². The van der Waals surface area contributed by atoms with Crippen molar-refractivity contribution in [2.24, 2.45) is 10.8 Å². The summed E-state index contributed by atoms with van der Waals surface area (Å²) in [6, 6.07) is 0. The van der Waals surface area contributed by atoms with Crippen molar-refractivity contribution in [2.75, 3.05) is 6.67 Å². The van der Waals surface area contributed by atoms with Gasteiger partial charge in [-0.15, -0.1) is 5.12 Å². The van der Waals surface area contributed by atoms with Gasteiger partial charge in [0.2, 0.25) is 0 Å². The third kappa shape index (κ3) is 0.846. The first-order valence-electron chi connectivity index (χ1n) is 1.81. The molecule has 1 aliphatic heterocycles. The summed E-state index contributed by atoms with van der Waals surface area (Å²) in [5.74, 6) is 5.24. The highest BCUT2D eigenvalue weighted by Crippen LogP contribution is 1.97. The Morgan fingerprint density at radius 1 is 1.86 bits per heavy atom. The second-order valence-corrected chi connectivity index (χ2v) is 1.61. The molecule has 0 atom stereocenters. The third-order valence-electron chi connectivity index (χ3n) is 0.675. The molecule has 0 amide bonds. The number of hydrogen-bond donors (Lipinski definition) is 2. The molecular weight excluding hydrogens is 112 g/mol. The van der Waals surface area contributed by atoms with Crippen LogP contribution in [0.3, 0.4) is 0 Å². The molecule has 0 spiro atoms. The molecule has 0 aromatic carbocycles. The molecule has 0 bridgehead atoms. The van der Waals surface area contributed by atoms with Crippen molar-refractivity contribution in [3.63, 3.8) is 0 Å². The molecule has 0 fully saturated rings. The monoisotopic (exact) mass is 118 g/mol. The smallest absolute Gasteiger partial charge is 0.127 e. The van der Waals surface area contributed by atoms with Crippen molar-refractivity contribution in [3.05, 3.63) is 0 Å². The van der Waals surface area contributed by atoms with Gasteiger partial charge in [0.1, 0.15) is 13.0 Å². The van der Waals surface area contributed by atoms with Gasteiger partial charge in [-0.1, -0.05) is 0 Å². The minimum absolute atomic E-state index is 0.503. The molecule has 2 N–H and O–H groups in total. The van der Waals surface area contributed by atoms with E-state index in [1.54, 1.807) is 6.34 Å². The maximum absolute atomic E-state index is 5.24. The number of aliphatic imine (C=N–C) groups is 1. The summed E-state index contributed by atoms with van der Waals surface area (Å²) in [4.78, 5) is 3.77. The zero-order valence-electron chi connectivity index (χ0n) is 3.65. The first-order valence-corrected chi connectivity index (χ1v) is 2.21. The van der Waals surface area contributed by atoms with Crippen molar-refractivity contribution in [3.8, 4) is 0 Å². The third-order valence-corrected chi connectivity index (χ3v) is 1.01. The van der Waals surface area contributed by atoms with Gasteiger partial charge in [0.05, 0.1) is 0 Å². The molecular formula is C2H6N4S. The number of nitrogens with two attached hydrogens (primary N) is 1. The second kappa shape index (κ2) is 1.69. The van der Waals surface area contributed by atoms with Crippen LogP contribution in [0.4, 0.5) is 0 Å². The predicted molar refractivity (Wildman–Crippen MR) is 30.2 cm³/mol. The van der Waals surface area contributed by atoms with Crippen LogP contribution in [-0.2, 0) is 0 Å². The molecule has 0 saturated carbocycles. The summed E-state index contributed by atoms with van der Waals surface area (Å²) < 4.78 is 1.42. The summed E-state index contributed by atoms with van der Waals surface area (Å²) in [6.07, 6.45) is 1.54. The van der Waals surface area contributed by atoms with Crippen LogP contribution in [0.25, 0.3) is 0 Å². The van der Waals surface area contributed by atoms with Gasteiger partial charge in [-0.3, -0.25) is 4.99 Å². The summed E-state index contributed by atoms with van der Waals surface area (Å²) in [5.41, 5.74) is 0. The lowest BCUT2D eigenvalue weighted by molar-refractivity contribution is 0.174. The van der Waals surface area contributed by atoms with E-state index in [4.69, 9.17) is 5.84 Å². The number of thiol groups is 1. The number of hydrogen-bond acceptors (Lipinski definition) is 5. The molecule has 5 heteroatoms. The molecule has 0 aliphatic carbocycles. The van der Waals surface area contributed by atoms with Crippen molar-refractivity contribution in [2.45, 2.75) is 0 Å². The zero-order valence-corrected chi connectivity index (χ0v) is 4.55. The maximum atomic E-state index is 5.24. The Kier molecular flexibility index (Phi) is 1.18. The first-order chi connectivity index (χ1) is 3.30. The molecule has 40 valence electrons. The minimum Gasteiger partial charge on any atom is -0.254 e. The Morgan fingerprint density at radius 2 is 2.57 bits per heavy atom. The van der Waals surface area contributed by atoms with E-state index in [-0.39, 0.29) is 0 Å². The average Bonchev–Trinajstić information content (AvgIpc) is 1.91. The molecule has 4 nitrogen and oxygen atoms in total. The SMILES string of the molecule is NN1CN=CN1S. The van der Waals surface area contributed by atoms with Gasteiger partial charge >= 0.3 is 0 Å². The topological polar surface area (TPSA) is 44.9 Å². The van der Waals surface area contributed by atoms with Gasteiger partial charge in [-0.05, 0) is 12.8 Å². The Hall–Kier alpha value is -0.260. The first kappa shape index (κ1) is 4.89. The number of rotatable bonds is 0. The van der Waals surface area contributed by atoms with Gasteiger partial charge < -0.3 is 0 Å². The van der Waals surface area contributed by atoms with Crippen molar-refractivity contribution in [1.82, 2.24) is 9.53 Å². The standard InChI is InChI=1S/C2H6N4S/c3-5-1-4-2-6(5)7/h2,7H,1,3H2. The van der Waals surface area contributed by atoms with E-state index in [2.05, 4.69) is 17.8 Å². The predicted octanol–water partition coefficient (Wildman–Crippen LogP) is -0.777. The summed E-state index contributed by atoms with van der Waals surface area (Å²) in [7, 11) is 0. The molecule has 1 heterocycles. The highest BCUT2D eigenvalue weighted by Gasteiger charge is 2.06. The second-order valence-electron chi connectivity index (χ2n) is 1.20. The molecule has 1 rings (SSSR count). The van der Waals surface area contributed by atoms with Gasteiger partial charge in [0.15, 0.2) is 0 Å². The summed E-state index contributed by atoms with van der Waals surface area (Å²) in [6.45, 7) is 0.503. The molecule has 0 unspecified atom stereocenters. The van der Waals surface area contributed by atoms with Gasteiger partial charge in [-0.25, -0.2) is 10.3 Å². The van der Waals surface area contributed by atoms with E-state index in [0.717, 1.165) is 0 Å². The van der Waals surface area contributed by atoms with Crippen LogP contribution >= 0.6 is 12.8 Å². The molecule has 0 saturated heterocycles. The van der Waals surface area contributed by atoms with E-state index < -0.39 is 0 Å². The Morgan fingerprint density at radius 3 is 2.71 bits per heavy atom. The van der Waals surface area contributed by atoms with Crippen molar-refractivity contribution in [1.29, 1.82) is 0 Å². The fourth-order valence-corrected chi connectivity index (χ4v) is 0.454. The highest BCUT2D eigenvalue weighted by molar-refractivity contribution is 7.78. The summed E-state index contributed by atoms with van der Waals surface area (Å²) in [5, 5.41) is 1.38. The van der Waals surface area contributed by atoms with Crippen LogP contribution in [0, 0.1) is 0 Å². The van der Waals surface area contributed by atoms with E-state index in [0.29, 0.717) is 6.67 Å². The molecule has 7 heavy (non-hydrogen) atoms. The van der Waals surface area contributed by atoms with E-state index in [9.17, 15) is 0 Å². The van der Waals surface area contributed by atoms with E-state index >= 15 is 0 Å². The molecule has 1 aliphatic rings. The molecule has 0 aromatic rings. The van der Waals surface area contributed by atoms with E-state index in [1.165, 1.54) is 9.53 Å². The van der Waals surface area contributed by atoms with Crippen LogP contribution in [0.5, 0.6) is 0 Å². The minimum atomic E-state index is 0.503. The quantitative estimate of drug-likeness (QED) is 0.324. The van der Waals surface area contributed by atoms with Crippen molar-refractivity contribution >= 4 is 19.2 Å². The van der Waals surface area contributed by atoms with Gasteiger partial charge in [0.25, 0.3) is 0 Å². The number of hydrazine groups is 2. The van der Waals surface area contributed by atoms with Crippen molar-refractivity contribution < 1.29 is 0 Å². The highest BCUT2D eigenvalue weighted by atomic mass is 32.1. The van der Waals surface area contributed by atoms with Crippen LogP contribution < -0.4 is 5.84 Å².